The molecular formula is C13H14N2O3. The molecule has 0 amide bonds. The number of carbonyl (C=O) groups is 1. The van der Waals surface area contributed by atoms with Gasteiger partial charge in [-0.2, -0.15) is 0 Å². The van der Waals surface area contributed by atoms with Gasteiger partial charge in [0.1, 0.15) is 11.7 Å². The summed E-state index contributed by atoms with van der Waals surface area (Å²) in [5, 5.41) is 9.12. The summed E-state index contributed by atoms with van der Waals surface area (Å²) in [6.45, 7) is 0.754. The van der Waals surface area contributed by atoms with Crippen LogP contribution in [0.3, 0.4) is 0 Å². The van der Waals surface area contributed by atoms with Crippen LogP contribution < -0.4 is 0 Å². The lowest BCUT2D eigenvalue weighted by Gasteiger charge is -2.20. The molecule has 5 heteroatoms. The van der Waals surface area contributed by atoms with E-state index in [2.05, 4.69) is 4.98 Å². The van der Waals surface area contributed by atoms with Gasteiger partial charge in [-0.1, -0.05) is 0 Å². The minimum atomic E-state index is -0.956. The molecular weight excluding hydrogens is 232 g/mol. The highest BCUT2D eigenvalue weighted by Gasteiger charge is 2.20. The van der Waals surface area contributed by atoms with E-state index < -0.39 is 5.97 Å². The van der Waals surface area contributed by atoms with Gasteiger partial charge < -0.3 is 14.2 Å². The smallest absolute Gasteiger partial charge is 0.339 e. The summed E-state index contributed by atoms with van der Waals surface area (Å²) < 4.78 is 7.42. The monoisotopic (exact) mass is 246 g/mol. The molecule has 0 aliphatic carbocycles. The maximum Gasteiger partial charge on any atom is 0.339 e. The van der Waals surface area contributed by atoms with Crippen molar-refractivity contribution in [2.75, 3.05) is 6.61 Å². The first-order valence-corrected chi connectivity index (χ1v) is 6.08. The number of carboxylic acid groups (broad SMARTS) is 1. The molecule has 0 spiro atoms. The molecule has 0 aromatic carbocycles. The number of imidazole rings is 1. The Morgan fingerprint density at radius 3 is 3.11 bits per heavy atom. The number of carboxylic acids is 1. The van der Waals surface area contributed by atoms with Crippen LogP contribution in [-0.4, -0.2) is 27.1 Å². The van der Waals surface area contributed by atoms with E-state index in [1.54, 1.807) is 22.7 Å². The van der Waals surface area contributed by atoms with Crippen molar-refractivity contribution in [1.82, 2.24) is 9.38 Å². The third-order valence-electron chi connectivity index (χ3n) is 3.24. The van der Waals surface area contributed by atoms with Crippen molar-refractivity contribution in [1.29, 1.82) is 0 Å². The van der Waals surface area contributed by atoms with Gasteiger partial charge in [0.2, 0.25) is 0 Å². The number of hydrogen-bond acceptors (Lipinski definition) is 3. The number of nitrogens with zero attached hydrogens (tertiary/aromatic N) is 2. The molecule has 94 valence electrons. The number of hydrogen-bond donors (Lipinski definition) is 1. The molecule has 2 aromatic heterocycles. The SMILES string of the molecule is O=C(O)c1cccn2cc(C3CCCCO3)nc12. The second-order valence-corrected chi connectivity index (χ2v) is 4.48. The van der Waals surface area contributed by atoms with Gasteiger partial charge in [0.15, 0.2) is 5.65 Å². The number of fused-ring (bicyclic) bond motifs is 1. The first-order valence-electron chi connectivity index (χ1n) is 6.08. The summed E-state index contributed by atoms with van der Waals surface area (Å²) in [6, 6.07) is 3.28. The van der Waals surface area contributed by atoms with Gasteiger partial charge in [-0.25, -0.2) is 9.78 Å². The zero-order chi connectivity index (χ0) is 12.5. The van der Waals surface area contributed by atoms with Gasteiger partial charge in [0.05, 0.1) is 5.69 Å². The first-order chi connectivity index (χ1) is 8.75. The molecule has 1 aliphatic heterocycles. The topological polar surface area (TPSA) is 63.8 Å². The van der Waals surface area contributed by atoms with Crippen molar-refractivity contribution in [3.63, 3.8) is 0 Å². The van der Waals surface area contributed by atoms with E-state index in [0.717, 1.165) is 31.6 Å². The predicted molar refractivity (Wildman–Crippen MR) is 64.7 cm³/mol. The van der Waals surface area contributed by atoms with Crippen LogP contribution in [0, 0.1) is 0 Å². The molecule has 1 aliphatic rings. The number of pyridine rings is 1. The molecule has 0 bridgehead atoms. The van der Waals surface area contributed by atoms with Crippen molar-refractivity contribution in [2.45, 2.75) is 25.4 Å². The third-order valence-corrected chi connectivity index (χ3v) is 3.24. The highest BCUT2D eigenvalue weighted by Crippen LogP contribution is 2.27. The van der Waals surface area contributed by atoms with Crippen LogP contribution in [-0.2, 0) is 4.74 Å². The summed E-state index contributed by atoms with van der Waals surface area (Å²) in [5.41, 5.74) is 1.53. The normalized spacial score (nSPS) is 20.1. The highest BCUT2D eigenvalue weighted by molar-refractivity contribution is 5.94. The number of ether oxygens (including phenoxy) is 1. The van der Waals surface area contributed by atoms with Gasteiger partial charge >= 0.3 is 5.97 Å². The van der Waals surface area contributed by atoms with Gasteiger partial charge in [0.25, 0.3) is 0 Å². The van der Waals surface area contributed by atoms with E-state index in [-0.39, 0.29) is 11.7 Å². The fourth-order valence-electron chi connectivity index (χ4n) is 2.33. The Balaban J connectivity index is 2.04. The fourth-order valence-corrected chi connectivity index (χ4v) is 2.33. The second kappa shape index (κ2) is 4.42. The van der Waals surface area contributed by atoms with Crippen LogP contribution in [0.25, 0.3) is 5.65 Å². The second-order valence-electron chi connectivity index (χ2n) is 4.48. The average molecular weight is 246 g/mol. The summed E-state index contributed by atoms with van der Waals surface area (Å²) in [5.74, 6) is -0.956. The van der Waals surface area contributed by atoms with E-state index >= 15 is 0 Å². The lowest BCUT2D eigenvalue weighted by atomic mass is 10.1. The third kappa shape index (κ3) is 1.86. The lowest BCUT2D eigenvalue weighted by Crippen LogP contribution is -2.11. The van der Waals surface area contributed by atoms with Gasteiger partial charge in [-0.05, 0) is 31.4 Å². The average Bonchev–Trinajstić information content (AvgIpc) is 2.83. The van der Waals surface area contributed by atoms with E-state index in [9.17, 15) is 4.79 Å². The Labute approximate surface area is 104 Å². The van der Waals surface area contributed by atoms with E-state index in [1.165, 1.54) is 0 Å². The largest absolute Gasteiger partial charge is 0.478 e. The molecule has 1 saturated heterocycles. The zero-order valence-corrected chi connectivity index (χ0v) is 9.87. The van der Waals surface area contributed by atoms with Crippen LogP contribution in [0.15, 0.2) is 24.5 Å². The predicted octanol–water partition coefficient (Wildman–Crippen LogP) is 2.27. The fraction of sp³-hybridized carbons (Fsp3) is 0.385. The van der Waals surface area contributed by atoms with E-state index in [4.69, 9.17) is 9.84 Å². The number of rotatable bonds is 2. The Morgan fingerprint density at radius 2 is 2.39 bits per heavy atom. The van der Waals surface area contributed by atoms with Crippen molar-refractivity contribution in [3.05, 3.63) is 35.8 Å². The minimum Gasteiger partial charge on any atom is -0.478 e. The summed E-state index contributed by atoms with van der Waals surface area (Å²) in [6.07, 6.45) is 6.83. The maximum atomic E-state index is 11.1. The quantitative estimate of drug-likeness (QED) is 0.882. The summed E-state index contributed by atoms with van der Waals surface area (Å²) >= 11 is 0. The molecule has 3 heterocycles. The number of aromatic carboxylic acids is 1. The van der Waals surface area contributed by atoms with Gasteiger partial charge in [-0.15, -0.1) is 0 Å². The van der Waals surface area contributed by atoms with Crippen LogP contribution in [0.2, 0.25) is 0 Å². The van der Waals surface area contributed by atoms with Gasteiger partial charge in [0, 0.05) is 19.0 Å². The number of aromatic nitrogens is 2. The minimum absolute atomic E-state index is 0.000273. The van der Waals surface area contributed by atoms with Crippen molar-refractivity contribution in [3.8, 4) is 0 Å². The Kier molecular flexibility index (Phi) is 2.76. The lowest BCUT2D eigenvalue weighted by molar-refractivity contribution is 0.0126. The van der Waals surface area contributed by atoms with Gasteiger partial charge in [-0.3, -0.25) is 0 Å². The highest BCUT2D eigenvalue weighted by atomic mass is 16.5. The van der Waals surface area contributed by atoms with Crippen LogP contribution in [0.1, 0.15) is 41.4 Å². The van der Waals surface area contributed by atoms with Crippen LogP contribution >= 0.6 is 0 Å². The Bertz CT molecular complexity index is 585. The zero-order valence-electron chi connectivity index (χ0n) is 9.87. The molecule has 0 saturated carbocycles. The Morgan fingerprint density at radius 1 is 1.50 bits per heavy atom. The molecule has 3 rings (SSSR count). The molecule has 1 N–H and O–H groups in total. The standard InChI is InChI=1S/C13H14N2O3/c16-13(17)9-4-3-6-15-8-10(14-12(9)15)11-5-1-2-7-18-11/h3-4,6,8,11H,1-2,5,7H2,(H,16,17). The van der Waals surface area contributed by atoms with E-state index in [1.807, 2.05) is 6.20 Å². The summed E-state index contributed by atoms with van der Waals surface area (Å²) in [7, 11) is 0. The molecule has 0 radical (unpaired) electrons. The first kappa shape index (κ1) is 11.2. The van der Waals surface area contributed by atoms with Crippen molar-refractivity contribution >= 4 is 11.6 Å². The molecule has 18 heavy (non-hydrogen) atoms. The maximum absolute atomic E-state index is 11.1. The van der Waals surface area contributed by atoms with Crippen LogP contribution in [0.4, 0.5) is 0 Å². The molecule has 1 fully saturated rings. The molecule has 1 unspecified atom stereocenters. The van der Waals surface area contributed by atoms with E-state index in [0.29, 0.717) is 5.65 Å². The molecule has 5 nitrogen and oxygen atoms in total. The molecule has 2 aromatic rings. The van der Waals surface area contributed by atoms with Crippen molar-refractivity contribution < 1.29 is 14.6 Å². The van der Waals surface area contributed by atoms with Crippen LogP contribution in [0.5, 0.6) is 0 Å². The molecule has 1 atom stereocenters. The summed E-state index contributed by atoms with van der Waals surface area (Å²) in [4.78, 5) is 15.5. The Hall–Kier alpha value is -1.88. The van der Waals surface area contributed by atoms with Crippen molar-refractivity contribution in [2.24, 2.45) is 0 Å².